The maximum Gasteiger partial charge on any atom is 0.246 e. The van der Waals surface area contributed by atoms with Crippen LogP contribution in [-0.2, 0) is 14.3 Å². The van der Waals surface area contributed by atoms with Crippen LogP contribution in [0, 0.1) is 0 Å². The van der Waals surface area contributed by atoms with Gasteiger partial charge < -0.3 is 19.3 Å². The van der Waals surface area contributed by atoms with Crippen molar-refractivity contribution in [3.63, 3.8) is 0 Å². The van der Waals surface area contributed by atoms with Crippen molar-refractivity contribution < 1.29 is 19.1 Å². The Hall–Kier alpha value is -2.34. The Kier molecular flexibility index (Phi) is 6.58. The molecule has 6 heteroatoms. The van der Waals surface area contributed by atoms with Gasteiger partial charge in [0.2, 0.25) is 11.8 Å². The van der Waals surface area contributed by atoms with E-state index in [0.717, 1.165) is 11.3 Å². The highest BCUT2D eigenvalue weighted by Gasteiger charge is 2.26. The highest BCUT2D eigenvalue weighted by molar-refractivity contribution is 5.94. The quantitative estimate of drug-likeness (QED) is 0.763. The molecular weight excluding hydrogens is 320 g/mol. The SMILES string of the molecule is COc1cccc(/C=C/C(=O)N(C)CC(=O)N2CC(C)OC(C)C2)c1. The lowest BCUT2D eigenvalue weighted by Gasteiger charge is -2.36. The van der Waals surface area contributed by atoms with Crippen LogP contribution >= 0.6 is 0 Å². The van der Waals surface area contributed by atoms with E-state index >= 15 is 0 Å². The molecule has 25 heavy (non-hydrogen) atoms. The number of morpholine rings is 1. The van der Waals surface area contributed by atoms with Crippen LogP contribution in [-0.4, -0.2) is 67.6 Å². The fourth-order valence-electron chi connectivity index (χ4n) is 2.80. The summed E-state index contributed by atoms with van der Waals surface area (Å²) < 4.78 is 10.8. The van der Waals surface area contributed by atoms with Crippen molar-refractivity contribution in [2.45, 2.75) is 26.1 Å². The molecule has 136 valence electrons. The fraction of sp³-hybridized carbons (Fsp3) is 0.474. The lowest BCUT2D eigenvalue weighted by molar-refractivity contribution is -0.146. The summed E-state index contributed by atoms with van der Waals surface area (Å²) in [6.07, 6.45) is 3.21. The molecule has 0 bridgehead atoms. The average molecular weight is 346 g/mol. The molecule has 0 N–H and O–H groups in total. The summed E-state index contributed by atoms with van der Waals surface area (Å²) >= 11 is 0. The molecule has 1 saturated heterocycles. The van der Waals surface area contributed by atoms with Crippen molar-refractivity contribution in [2.24, 2.45) is 0 Å². The van der Waals surface area contributed by atoms with Gasteiger partial charge in [-0.1, -0.05) is 12.1 Å². The van der Waals surface area contributed by atoms with Gasteiger partial charge in [-0.15, -0.1) is 0 Å². The van der Waals surface area contributed by atoms with Gasteiger partial charge in [0.05, 0.1) is 25.9 Å². The molecule has 2 amide bonds. The molecule has 0 spiro atoms. The van der Waals surface area contributed by atoms with E-state index in [2.05, 4.69) is 0 Å². The molecule has 2 unspecified atom stereocenters. The largest absolute Gasteiger partial charge is 0.497 e. The molecule has 1 fully saturated rings. The number of likely N-dealkylation sites (N-methyl/N-ethyl adjacent to an activating group) is 1. The lowest BCUT2D eigenvalue weighted by atomic mass is 10.2. The predicted octanol–water partition coefficient (Wildman–Crippen LogP) is 1.80. The molecular formula is C19H26N2O4. The number of hydrogen-bond donors (Lipinski definition) is 0. The van der Waals surface area contributed by atoms with E-state index in [1.807, 2.05) is 38.1 Å². The summed E-state index contributed by atoms with van der Waals surface area (Å²) in [4.78, 5) is 27.8. The summed E-state index contributed by atoms with van der Waals surface area (Å²) in [6, 6.07) is 7.42. The smallest absolute Gasteiger partial charge is 0.246 e. The summed E-state index contributed by atoms with van der Waals surface area (Å²) in [6.45, 7) is 5.07. The third-order valence-corrected chi connectivity index (χ3v) is 4.03. The van der Waals surface area contributed by atoms with Crippen LogP contribution in [0.3, 0.4) is 0 Å². The first-order chi connectivity index (χ1) is 11.9. The number of ether oxygens (including phenoxy) is 2. The third kappa shape index (κ3) is 5.60. The van der Waals surface area contributed by atoms with Gasteiger partial charge in [0.1, 0.15) is 5.75 Å². The van der Waals surface area contributed by atoms with Crippen LogP contribution in [0.2, 0.25) is 0 Å². The molecule has 0 aliphatic carbocycles. The van der Waals surface area contributed by atoms with Crippen LogP contribution in [0.5, 0.6) is 5.75 Å². The number of benzene rings is 1. The number of carbonyl (C=O) groups excluding carboxylic acids is 2. The molecule has 6 nitrogen and oxygen atoms in total. The van der Waals surface area contributed by atoms with Crippen LogP contribution < -0.4 is 4.74 Å². The van der Waals surface area contributed by atoms with E-state index in [1.54, 1.807) is 25.1 Å². The van der Waals surface area contributed by atoms with Crippen molar-refractivity contribution in [3.05, 3.63) is 35.9 Å². The highest BCUT2D eigenvalue weighted by Crippen LogP contribution is 2.14. The van der Waals surface area contributed by atoms with Gasteiger partial charge in [0.25, 0.3) is 0 Å². The fourth-order valence-corrected chi connectivity index (χ4v) is 2.80. The first-order valence-electron chi connectivity index (χ1n) is 8.39. The summed E-state index contributed by atoms with van der Waals surface area (Å²) in [5, 5.41) is 0. The van der Waals surface area contributed by atoms with Crippen molar-refractivity contribution in [2.75, 3.05) is 33.8 Å². The molecule has 1 aromatic carbocycles. The van der Waals surface area contributed by atoms with E-state index in [4.69, 9.17) is 9.47 Å². The molecule has 0 aromatic heterocycles. The number of carbonyl (C=O) groups is 2. The Morgan fingerprint density at radius 1 is 1.32 bits per heavy atom. The molecule has 1 aromatic rings. The Balaban J connectivity index is 1.90. The minimum absolute atomic E-state index is 0.0154. The first-order valence-corrected chi connectivity index (χ1v) is 8.39. The average Bonchev–Trinajstić information content (AvgIpc) is 2.58. The Morgan fingerprint density at radius 3 is 2.64 bits per heavy atom. The van der Waals surface area contributed by atoms with E-state index in [-0.39, 0.29) is 30.6 Å². The van der Waals surface area contributed by atoms with Gasteiger partial charge in [-0.05, 0) is 37.6 Å². The van der Waals surface area contributed by atoms with Gasteiger partial charge in [-0.3, -0.25) is 9.59 Å². The molecule has 1 aliphatic rings. The maximum atomic E-state index is 12.4. The number of amides is 2. The summed E-state index contributed by atoms with van der Waals surface area (Å²) in [5.41, 5.74) is 0.864. The van der Waals surface area contributed by atoms with Crippen molar-refractivity contribution in [1.82, 2.24) is 9.80 Å². The van der Waals surface area contributed by atoms with Crippen molar-refractivity contribution in [3.8, 4) is 5.75 Å². The topological polar surface area (TPSA) is 59.1 Å². The van der Waals surface area contributed by atoms with E-state index in [1.165, 1.54) is 11.0 Å². The maximum absolute atomic E-state index is 12.4. The molecule has 0 radical (unpaired) electrons. The van der Waals surface area contributed by atoms with E-state index < -0.39 is 0 Å². The molecule has 2 atom stereocenters. The Labute approximate surface area is 149 Å². The molecule has 0 saturated carbocycles. The molecule has 2 rings (SSSR count). The zero-order valence-corrected chi connectivity index (χ0v) is 15.3. The van der Waals surface area contributed by atoms with Crippen LogP contribution in [0.15, 0.2) is 30.3 Å². The highest BCUT2D eigenvalue weighted by atomic mass is 16.5. The van der Waals surface area contributed by atoms with Crippen molar-refractivity contribution >= 4 is 17.9 Å². The van der Waals surface area contributed by atoms with E-state index in [9.17, 15) is 9.59 Å². The first kappa shape index (κ1) is 19.0. The lowest BCUT2D eigenvalue weighted by Crippen LogP contribution is -2.51. The number of nitrogens with zero attached hydrogens (tertiary/aromatic N) is 2. The van der Waals surface area contributed by atoms with Crippen LogP contribution in [0.4, 0.5) is 0 Å². The second kappa shape index (κ2) is 8.67. The van der Waals surface area contributed by atoms with Gasteiger partial charge in [-0.25, -0.2) is 0 Å². The summed E-state index contributed by atoms with van der Waals surface area (Å²) in [7, 11) is 3.23. The second-order valence-electron chi connectivity index (χ2n) is 6.36. The number of methoxy groups -OCH3 is 1. The zero-order chi connectivity index (χ0) is 18.4. The normalized spacial score (nSPS) is 20.6. The van der Waals surface area contributed by atoms with Crippen LogP contribution in [0.1, 0.15) is 19.4 Å². The van der Waals surface area contributed by atoms with Crippen molar-refractivity contribution in [1.29, 1.82) is 0 Å². The molecule has 1 heterocycles. The number of rotatable bonds is 5. The second-order valence-corrected chi connectivity index (χ2v) is 6.36. The predicted molar refractivity (Wildman–Crippen MR) is 96.3 cm³/mol. The van der Waals surface area contributed by atoms with Gasteiger partial charge in [0, 0.05) is 26.2 Å². The van der Waals surface area contributed by atoms with Gasteiger partial charge in [0.15, 0.2) is 0 Å². The number of hydrogen-bond acceptors (Lipinski definition) is 4. The van der Waals surface area contributed by atoms with E-state index in [0.29, 0.717) is 13.1 Å². The molecule has 1 aliphatic heterocycles. The minimum Gasteiger partial charge on any atom is -0.497 e. The van der Waals surface area contributed by atoms with Gasteiger partial charge >= 0.3 is 0 Å². The monoisotopic (exact) mass is 346 g/mol. The summed E-state index contributed by atoms with van der Waals surface area (Å²) in [5.74, 6) is 0.451. The minimum atomic E-state index is -0.217. The zero-order valence-electron chi connectivity index (χ0n) is 15.3. The van der Waals surface area contributed by atoms with Gasteiger partial charge in [-0.2, -0.15) is 0 Å². The van der Waals surface area contributed by atoms with Crippen LogP contribution in [0.25, 0.3) is 6.08 Å². The Bertz CT molecular complexity index is 634. The standard InChI is InChI=1S/C19H26N2O4/c1-14-11-21(12-15(2)25-14)19(23)13-20(3)18(22)9-8-16-6-5-7-17(10-16)24-4/h5-10,14-15H,11-13H2,1-4H3/b9-8+. The third-order valence-electron chi connectivity index (χ3n) is 4.03. The Morgan fingerprint density at radius 2 is 2.00 bits per heavy atom.